The van der Waals surface area contributed by atoms with E-state index in [4.69, 9.17) is 16.3 Å². The number of allylic oxidation sites excluding steroid dienone is 1. The van der Waals surface area contributed by atoms with Gasteiger partial charge in [0.1, 0.15) is 5.75 Å². The zero-order chi connectivity index (χ0) is 30.5. The van der Waals surface area contributed by atoms with Crippen molar-refractivity contribution >= 4 is 33.2 Å². The van der Waals surface area contributed by atoms with Gasteiger partial charge < -0.3 is 14.7 Å². The Morgan fingerprint density at radius 1 is 1.16 bits per heavy atom. The lowest BCUT2D eigenvalue weighted by atomic mass is 9.68. The van der Waals surface area contributed by atoms with Crippen molar-refractivity contribution in [2.45, 2.75) is 76.1 Å². The molecule has 4 aliphatic rings. The molecule has 1 amide bonds. The van der Waals surface area contributed by atoms with Gasteiger partial charge in [-0.15, -0.1) is 0 Å². The van der Waals surface area contributed by atoms with Crippen LogP contribution in [0.25, 0.3) is 0 Å². The number of carbonyl (C=O) groups excluding carboxylic acids is 1. The SMILES string of the molecule is CC(C)C1[C@H](C)C/C=C/[C@H](O)[C@@H]2CC[C@H]2CN2C[C@@]3(CCCc4cc(Cl)ccc43)COc3ccc(cc32)C(=O)NS1(=O)=O. The van der Waals surface area contributed by atoms with E-state index in [9.17, 15) is 18.3 Å². The quantitative estimate of drug-likeness (QED) is 0.384. The number of fused-ring (bicyclic) bond motifs is 4. The van der Waals surface area contributed by atoms with Crippen molar-refractivity contribution in [2.75, 3.05) is 24.6 Å². The number of amides is 1. The summed E-state index contributed by atoms with van der Waals surface area (Å²) in [6.45, 7) is 7.53. The highest BCUT2D eigenvalue weighted by molar-refractivity contribution is 7.90. The first kappa shape index (κ1) is 30.5. The van der Waals surface area contributed by atoms with Crippen LogP contribution in [0.3, 0.4) is 0 Å². The van der Waals surface area contributed by atoms with Gasteiger partial charge in [-0.05, 0) is 104 Å². The molecule has 2 aromatic rings. The maximum absolute atomic E-state index is 13.6. The summed E-state index contributed by atoms with van der Waals surface area (Å²) in [5.41, 5.74) is 3.33. The van der Waals surface area contributed by atoms with Crippen LogP contribution in [0.5, 0.6) is 5.75 Å². The highest BCUT2D eigenvalue weighted by atomic mass is 35.5. The minimum Gasteiger partial charge on any atom is -0.490 e. The number of anilines is 1. The number of hydrogen-bond acceptors (Lipinski definition) is 6. The van der Waals surface area contributed by atoms with Crippen LogP contribution in [0.15, 0.2) is 48.6 Å². The Hall–Kier alpha value is -2.55. The molecule has 0 saturated heterocycles. The van der Waals surface area contributed by atoms with Gasteiger partial charge in [-0.1, -0.05) is 50.6 Å². The fourth-order valence-corrected chi connectivity index (χ4v) is 10.2. The topological polar surface area (TPSA) is 95.9 Å². The van der Waals surface area contributed by atoms with Crippen LogP contribution in [-0.2, 0) is 21.9 Å². The number of benzene rings is 2. The lowest BCUT2D eigenvalue weighted by Gasteiger charge is -2.45. The first-order valence-electron chi connectivity index (χ1n) is 15.7. The molecular formula is C34H43ClN2O5S. The second kappa shape index (κ2) is 11.8. The number of sulfonamides is 1. The van der Waals surface area contributed by atoms with E-state index in [1.165, 1.54) is 11.1 Å². The number of aliphatic hydroxyl groups is 1. The molecule has 2 aliphatic carbocycles. The van der Waals surface area contributed by atoms with Gasteiger partial charge in [-0.25, -0.2) is 13.1 Å². The molecule has 6 atom stereocenters. The van der Waals surface area contributed by atoms with E-state index in [1.54, 1.807) is 18.2 Å². The monoisotopic (exact) mass is 626 g/mol. The molecule has 9 heteroatoms. The minimum absolute atomic E-state index is 0.122. The first-order chi connectivity index (χ1) is 20.5. The van der Waals surface area contributed by atoms with Gasteiger partial charge in [0.25, 0.3) is 5.91 Å². The summed E-state index contributed by atoms with van der Waals surface area (Å²) in [5, 5.41) is 11.2. The number of nitrogens with zero attached hydrogens (tertiary/aromatic N) is 1. The standard InChI is InChI=1S/C34H43ClN2O5S/c1-21(2)32-22(3)6-4-8-30(38)27-12-9-25(27)18-37-19-34(15-5-7-23-16-26(35)11-13-28(23)34)20-42-31-14-10-24(17-29(31)37)33(39)36-43(32,40)41/h4,8,10-11,13-14,16-17,21-22,25,27,30,32,38H,5-7,9,12,15,18-20H2,1-3H3,(H,36,39)/b8-4+/t22-,25+,27-,30+,32?,34+/m1/s1. The van der Waals surface area contributed by atoms with E-state index < -0.39 is 27.3 Å². The van der Waals surface area contributed by atoms with Gasteiger partial charge in [0.15, 0.2) is 0 Å². The summed E-state index contributed by atoms with van der Waals surface area (Å²) >= 11 is 6.39. The second-order valence-electron chi connectivity index (χ2n) is 13.6. The number of halogens is 1. The maximum Gasteiger partial charge on any atom is 0.264 e. The van der Waals surface area contributed by atoms with E-state index in [2.05, 4.69) is 21.8 Å². The lowest BCUT2D eigenvalue weighted by Crippen LogP contribution is -2.49. The second-order valence-corrected chi connectivity index (χ2v) is 15.9. The fourth-order valence-electron chi connectivity index (χ4n) is 8.10. The van der Waals surface area contributed by atoms with E-state index in [1.807, 2.05) is 39.0 Å². The van der Waals surface area contributed by atoms with Crippen LogP contribution >= 0.6 is 11.6 Å². The van der Waals surface area contributed by atoms with Crippen molar-refractivity contribution in [1.29, 1.82) is 0 Å². The Balaban J connectivity index is 1.43. The molecule has 0 aromatic heterocycles. The maximum atomic E-state index is 13.6. The summed E-state index contributed by atoms with van der Waals surface area (Å²) in [6.07, 6.45) is 8.61. The Morgan fingerprint density at radius 3 is 2.72 bits per heavy atom. The van der Waals surface area contributed by atoms with E-state index in [0.717, 1.165) is 42.8 Å². The molecule has 1 saturated carbocycles. The molecule has 2 heterocycles. The molecule has 6 rings (SSSR count). The normalized spacial score (nSPS) is 32.9. The fraction of sp³-hybridized carbons (Fsp3) is 0.559. The van der Waals surface area contributed by atoms with Gasteiger partial charge in [0, 0.05) is 29.1 Å². The smallest absolute Gasteiger partial charge is 0.264 e. The third kappa shape index (κ3) is 5.83. The average molecular weight is 627 g/mol. The largest absolute Gasteiger partial charge is 0.490 e. The minimum atomic E-state index is -3.97. The molecule has 0 radical (unpaired) electrons. The molecule has 1 spiro atoms. The summed E-state index contributed by atoms with van der Waals surface area (Å²) < 4.78 is 36.1. The van der Waals surface area contributed by atoms with Gasteiger partial charge in [0.05, 0.1) is 23.6 Å². The van der Waals surface area contributed by atoms with Crippen molar-refractivity contribution in [3.63, 3.8) is 0 Å². The van der Waals surface area contributed by atoms with Crippen molar-refractivity contribution in [2.24, 2.45) is 23.7 Å². The molecule has 1 fully saturated rings. The number of ether oxygens (including phenoxy) is 1. The van der Waals surface area contributed by atoms with Gasteiger partial charge >= 0.3 is 0 Å². The lowest BCUT2D eigenvalue weighted by molar-refractivity contribution is 0.0455. The number of aryl methyl sites for hydroxylation is 1. The third-order valence-corrected chi connectivity index (χ3v) is 12.8. The molecule has 1 unspecified atom stereocenters. The summed E-state index contributed by atoms with van der Waals surface area (Å²) in [5.74, 6) is 0.0209. The van der Waals surface area contributed by atoms with Crippen LogP contribution in [0.2, 0.25) is 5.02 Å². The number of aliphatic hydroxyl groups excluding tert-OH is 1. The summed E-state index contributed by atoms with van der Waals surface area (Å²) in [6, 6.07) is 11.4. The van der Waals surface area contributed by atoms with Gasteiger partial charge in [-0.2, -0.15) is 0 Å². The molecule has 2 aliphatic heterocycles. The molecule has 2 bridgehead atoms. The third-order valence-electron chi connectivity index (χ3n) is 10.3. The number of nitrogens with one attached hydrogen (secondary N) is 1. The Labute approximate surface area is 260 Å². The van der Waals surface area contributed by atoms with E-state index in [-0.39, 0.29) is 34.7 Å². The predicted molar refractivity (Wildman–Crippen MR) is 170 cm³/mol. The Kier molecular flexibility index (Phi) is 8.33. The Bertz CT molecular complexity index is 1520. The van der Waals surface area contributed by atoms with Crippen LogP contribution < -0.4 is 14.4 Å². The molecule has 7 nitrogen and oxygen atoms in total. The average Bonchev–Trinajstić information content (AvgIpc) is 3.07. The molecular weight excluding hydrogens is 584 g/mol. The summed E-state index contributed by atoms with van der Waals surface area (Å²) in [7, 11) is -3.97. The van der Waals surface area contributed by atoms with E-state index in [0.29, 0.717) is 31.9 Å². The van der Waals surface area contributed by atoms with Gasteiger partial charge in [-0.3, -0.25) is 4.79 Å². The van der Waals surface area contributed by atoms with E-state index >= 15 is 0 Å². The van der Waals surface area contributed by atoms with Crippen LogP contribution in [0.4, 0.5) is 5.69 Å². The van der Waals surface area contributed by atoms with Crippen molar-refractivity contribution in [3.05, 3.63) is 70.3 Å². The summed E-state index contributed by atoms with van der Waals surface area (Å²) in [4.78, 5) is 15.9. The van der Waals surface area contributed by atoms with Crippen molar-refractivity contribution in [1.82, 2.24) is 4.72 Å². The number of rotatable bonds is 1. The molecule has 2 N–H and O–H groups in total. The van der Waals surface area contributed by atoms with Crippen LogP contribution in [0.1, 0.15) is 74.4 Å². The predicted octanol–water partition coefficient (Wildman–Crippen LogP) is 5.88. The molecule has 232 valence electrons. The van der Waals surface area contributed by atoms with Gasteiger partial charge in [0.2, 0.25) is 10.0 Å². The number of hydrogen-bond donors (Lipinski definition) is 2. The zero-order valence-electron chi connectivity index (χ0n) is 25.3. The zero-order valence-corrected chi connectivity index (χ0v) is 26.8. The molecule has 2 aromatic carbocycles. The van der Waals surface area contributed by atoms with Crippen LogP contribution in [-0.4, -0.2) is 50.5 Å². The first-order valence-corrected chi connectivity index (χ1v) is 17.6. The Morgan fingerprint density at radius 2 is 1.98 bits per heavy atom. The van der Waals surface area contributed by atoms with Crippen molar-refractivity contribution < 1.29 is 23.1 Å². The molecule has 43 heavy (non-hydrogen) atoms. The van der Waals surface area contributed by atoms with Crippen molar-refractivity contribution in [3.8, 4) is 5.75 Å². The highest BCUT2D eigenvalue weighted by Gasteiger charge is 2.44. The number of carbonyl (C=O) groups is 1. The van der Waals surface area contributed by atoms with Crippen LogP contribution in [0, 0.1) is 23.7 Å². The highest BCUT2D eigenvalue weighted by Crippen LogP contribution is 2.46.